The van der Waals surface area contributed by atoms with E-state index >= 15 is 0 Å². The van der Waals surface area contributed by atoms with Crippen LogP contribution >= 0.6 is 23.2 Å². The van der Waals surface area contributed by atoms with E-state index in [0.717, 1.165) is 36.5 Å². The molecule has 1 aromatic rings. The topological polar surface area (TPSA) is 12.0 Å². The Hall–Kier alpha value is -0.500. The van der Waals surface area contributed by atoms with E-state index in [1.54, 1.807) is 6.07 Å². The van der Waals surface area contributed by atoms with E-state index in [4.69, 9.17) is 23.2 Å². The molecule has 18 heavy (non-hydrogen) atoms. The van der Waals surface area contributed by atoms with Gasteiger partial charge in [-0.2, -0.15) is 0 Å². The average Bonchev–Trinajstić information content (AvgIpc) is 2.33. The van der Waals surface area contributed by atoms with Gasteiger partial charge in [-0.1, -0.05) is 49.2 Å². The molecule has 1 unspecified atom stereocenters. The van der Waals surface area contributed by atoms with Crippen molar-refractivity contribution in [1.29, 1.82) is 0 Å². The van der Waals surface area contributed by atoms with E-state index in [9.17, 15) is 0 Å². The Balaban J connectivity index is 2.74. The van der Waals surface area contributed by atoms with Crippen molar-refractivity contribution >= 4 is 23.2 Å². The summed E-state index contributed by atoms with van der Waals surface area (Å²) in [5, 5.41) is 4.84. The van der Waals surface area contributed by atoms with Gasteiger partial charge in [0.1, 0.15) is 0 Å². The molecular weight excluding hydrogens is 265 g/mol. The van der Waals surface area contributed by atoms with Crippen LogP contribution in [0.15, 0.2) is 30.9 Å². The maximum absolute atomic E-state index is 6.21. The fourth-order valence-corrected chi connectivity index (χ4v) is 2.33. The summed E-state index contributed by atoms with van der Waals surface area (Å²) in [6.07, 6.45) is 4.00. The lowest BCUT2D eigenvalue weighted by Crippen LogP contribution is -2.32. The minimum absolute atomic E-state index is 0.00659. The molecule has 1 rings (SSSR count). The second kappa shape index (κ2) is 7.18. The first-order chi connectivity index (χ1) is 8.50. The van der Waals surface area contributed by atoms with E-state index in [1.165, 1.54) is 0 Å². The molecule has 100 valence electrons. The number of hydrogen-bond acceptors (Lipinski definition) is 1. The molecule has 0 aliphatic heterocycles. The predicted molar refractivity (Wildman–Crippen MR) is 81.6 cm³/mol. The maximum atomic E-state index is 6.21. The van der Waals surface area contributed by atoms with Crippen LogP contribution < -0.4 is 5.32 Å². The molecule has 1 atom stereocenters. The zero-order valence-corrected chi connectivity index (χ0v) is 12.6. The minimum Gasteiger partial charge on any atom is -0.316 e. The fraction of sp³-hybridized carbons (Fsp3) is 0.467. The SMILES string of the molecule is C=CC(C)(CNCCC)Cc1ccc(Cl)cc1Cl. The lowest BCUT2D eigenvalue weighted by Gasteiger charge is -2.27. The Morgan fingerprint density at radius 3 is 2.67 bits per heavy atom. The third-order valence-electron chi connectivity index (χ3n) is 3.06. The molecule has 0 saturated carbocycles. The highest BCUT2D eigenvalue weighted by atomic mass is 35.5. The van der Waals surface area contributed by atoms with Crippen molar-refractivity contribution in [3.63, 3.8) is 0 Å². The number of rotatable bonds is 7. The van der Waals surface area contributed by atoms with Crippen LogP contribution in [0, 0.1) is 5.41 Å². The molecule has 0 heterocycles. The van der Waals surface area contributed by atoms with Gasteiger partial charge < -0.3 is 5.32 Å². The van der Waals surface area contributed by atoms with Crippen LogP contribution in [-0.4, -0.2) is 13.1 Å². The van der Waals surface area contributed by atoms with Crippen LogP contribution in [0.5, 0.6) is 0 Å². The molecule has 0 aliphatic carbocycles. The van der Waals surface area contributed by atoms with Crippen LogP contribution in [0.4, 0.5) is 0 Å². The summed E-state index contributed by atoms with van der Waals surface area (Å²) >= 11 is 12.1. The summed E-state index contributed by atoms with van der Waals surface area (Å²) in [5.41, 5.74) is 1.12. The Bertz CT molecular complexity index is 403. The third-order valence-corrected chi connectivity index (χ3v) is 3.64. The first kappa shape index (κ1) is 15.6. The van der Waals surface area contributed by atoms with Crippen molar-refractivity contribution in [1.82, 2.24) is 5.32 Å². The largest absolute Gasteiger partial charge is 0.316 e. The highest BCUT2D eigenvalue weighted by Crippen LogP contribution is 2.29. The van der Waals surface area contributed by atoms with Gasteiger partial charge in [-0.15, -0.1) is 6.58 Å². The highest BCUT2D eigenvalue weighted by molar-refractivity contribution is 6.35. The lowest BCUT2D eigenvalue weighted by atomic mass is 9.83. The Kier molecular flexibility index (Phi) is 6.20. The smallest absolute Gasteiger partial charge is 0.0453 e. The standard InChI is InChI=1S/C15H21Cl2N/c1-4-8-18-11-15(3,5-2)10-12-6-7-13(16)9-14(12)17/h5-7,9,18H,2,4,8,10-11H2,1,3H3. The van der Waals surface area contributed by atoms with Crippen LogP contribution in [0.3, 0.4) is 0 Å². The Morgan fingerprint density at radius 2 is 2.11 bits per heavy atom. The Labute approximate surface area is 120 Å². The summed E-state index contributed by atoms with van der Waals surface area (Å²) < 4.78 is 0. The van der Waals surface area contributed by atoms with Crippen molar-refractivity contribution in [2.24, 2.45) is 5.41 Å². The van der Waals surface area contributed by atoms with Gasteiger partial charge in [-0.05, 0) is 37.1 Å². The van der Waals surface area contributed by atoms with E-state index in [1.807, 2.05) is 18.2 Å². The quantitative estimate of drug-likeness (QED) is 0.564. The summed E-state index contributed by atoms with van der Waals surface area (Å²) in [4.78, 5) is 0. The lowest BCUT2D eigenvalue weighted by molar-refractivity contribution is 0.391. The maximum Gasteiger partial charge on any atom is 0.0453 e. The first-order valence-corrected chi connectivity index (χ1v) is 7.04. The number of hydrogen-bond donors (Lipinski definition) is 1. The van der Waals surface area contributed by atoms with E-state index < -0.39 is 0 Å². The molecule has 0 fully saturated rings. The molecule has 1 N–H and O–H groups in total. The molecule has 0 aliphatic rings. The molecule has 0 aromatic heterocycles. The average molecular weight is 286 g/mol. The van der Waals surface area contributed by atoms with Gasteiger partial charge in [0, 0.05) is 22.0 Å². The molecule has 0 bridgehead atoms. The van der Waals surface area contributed by atoms with Crippen molar-refractivity contribution < 1.29 is 0 Å². The van der Waals surface area contributed by atoms with E-state index in [2.05, 4.69) is 25.7 Å². The molecule has 0 spiro atoms. The molecule has 0 radical (unpaired) electrons. The Morgan fingerprint density at radius 1 is 1.39 bits per heavy atom. The summed E-state index contributed by atoms with van der Waals surface area (Å²) in [6, 6.07) is 5.67. The number of nitrogens with one attached hydrogen (secondary N) is 1. The predicted octanol–water partition coefficient (Wildman–Crippen LogP) is 4.73. The van der Waals surface area contributed by atoms with Crippen LogP contribution in [0.1, 0.15) is 25.8 Å². The van der Waals surface area contributed by atoms with Crippen molar-refractivity contribution in [3.05, 3.63) is 46.5 Å². The summed E-state index contributed by atoms with van der Waals surface area (Å²) in [5.74, 6) is 0. The van der Waals surface area contributed by atoms with Gasteiger partial charge in [0.05, 0.1) is 0 Å². The second-order valence-electron chi connectivity index (χ2n) is 4.95. The van der Waals surface area contributed by atoms with E-state index in [0.29, 0.717) is 5.02 Å². The van der Waals surface area contributed by atoms with Gasteiger partial charge in [0.2, 0.25) is 0 Å². The number of halogens is 2. The van der Waals surface area contributed by atoms with Gasteiger partial charge in [0.15, 0.2) is 0 Å². The molecule has 0 amide bonds. The van der Waals surface area contributed by atoms with E-state index in [-0.39, 0.29) is 5.41 Å². The first-order valence-electron chi connectivity index (χ1n) is 6.29. The van der Waals surface area contributed by atoms with Crippen molar-refractivity contribution in [2.75, 3.05) is 13.1 Å². The molecule has 1 nitrogen and oxygen atoms in total. The van der Waals surface area contributed by atoms with Gasteiger partial charge in [-0.3, -0.25) is 0 Å². The molecule has 0 saturated heterocycles. The third kappa shape index (κ3) is 4.64. The highest BCUT2D eigenvalue weighted by Gasteiger charge is 2.21. The molecule has 1 aromatic carbocycles. The van der Waals surface area contributed by atoms with Crippen LogP contribution in [-0.2, 0) is 6.42 Å². The summed E-state index contributed by atoms with van der Waals surface area (Å²) in [6.45, 7) is 10.2. The summed E-state index contributed by atoms with van der Waals surface area (Å²) in [7, 11) is 0. The van der Waals surface area contributed by atoms with Gasteiger partial charge in [-0.25, -0.2) is 0 Å². The van der Waals surface area contributed by atoms with Gasteiger partial charge >= 0.3 is 0 Å². The second-order valence-corrected chi connectivity index (χ2v) is 5.79. The number of benzene rings is 1. The zero-order chi connectivity index (χ0) is 13.6. The minimum atomic E-state index is 0.00659. The monoisotopic (exact) mass is 285 g/mol. The van der Waals surface area contributed by atoms with Crippen molar-refractivity contribution in [3.8, 4) is 0 Å². The molecule has 3 heteroatoms. The normalized spacial score (nSPS) is 14.2. The molecular formula is C15H21Cl2N. The van der Waals surface area contributed by atoms with Crippen molar-refractivity contribution in [2.45, 2.75) is 26.7 Å². The van der Waals surface area contributed by atoms with Gasteiger partial charge in [0.25, 0.3) is 0 Å². The van der Waals surface area contributed by atoms with Crippen LogP contribution in [0.2, 0.25) is 10.0 Å². The van der Waals surface area contributed by atoms with Crippen LogP contribution in [0.25, 0.3) is 0 Å². The fourth-order valence-electron chi connectivity index (χ4n) is 1.86. The zero-order valence-electron chi connectivity index (χ0n) is 11.1.